The fourth-order valence-electron chi connectivity index (χ4n) is 3.24. The van der Waals surface area contributed by atoms with E-state index in [-0.39, 0.29) is 11.9 Å². The lowest BCUT2D eigenvalue weighted by Gasteiger charge is -2.32. The van der Waals surface area contributed by atoms with Crippen LogP contribution in [0.3, 0.4) is 0 Å². The number of amides is 1. The lowest BCUT2D eigenvalue weighted by Crippen LogP contribution is -2.46. The fraction of sp³-hybridized carbons (Fsp3) is 0.368. The Balaban J connectivity index is 1.63. The minimum absolute atomic E-state index is 0.0266. The Kier molecular flexibility index (Phi) is 5.38. The number of hydrogen-bond acceptors (Lipinski definition) is 4. The molecule has 2 aromatic rings. The molecule has 0 bridgehead atoms. The van der Waals surface area contributed by atoms with Gasteiger partial charge < -0.3 is 5.32 Å². The molecule has 26 heavy (non-hydrogen) atoms. The molecule has 3 rings (SSSR count). The standard InChI is InChI=1S/C19H23N3O3S/c1-14-3-4-18(15(2)13-14)26(24,25)22-11-7-17(8-12-22)21-19(23)16-5-9-20-10-6-16/h3-6,9-10,13,17H,7-8,11-12H2,1-2H3,(H,21,23). The highest BCUT2D eigenvalue weighted by atomic mass is 32.2. The van der Waals surface area contributed by atoms with Crippen LogP contribution in [0.2, 0.25) is 0 Å². The van der Waals surface area contributed by atoms with Gasteiger partial charge in [0.15, 0.2) is 0 Å². The van der Waals surface area contributed by atoms with Crippen molar-refractivity contribution in [1.29, 1.82) is 0 Å². The van der Waals surface area contributed by atoms with Crippen LogP contribution in [0.5, 0.6) is 0 Å². The number of carbonyl (C=O) groups is 1. The molecule has 1 N–H and O–H groups in total. The van der Waals surface area contributed by atoms with Crippen molar-refractivity contribution in [2.24, 2.45) is 0 Å². The summed E-state index contributed by atoms with van der Waals surface area (Å²) in [4.78, 5) is 16.5. The van der Waals surface area contributed by atoms with Crippen molar-refractivity contribution in [3.05, 3.63) is 59.4 Å². The van der Waals surface area contributed by atoms with Crippen molar-refractivity contribution in [3.8, 4) is 0 Å². The molecule has 1 aromatic heterocycles. The number of pyridine rings is 1. The van der Waals surface area contributed by atoms with Crippen LogP contribution < -0.4 is 5.32 Å². The molecule has 7 heteroatoms. The number of benzene rings is 1. The minimum Gasteiger partial charge on any atom is -0.349 e. The number of carbonyl (C=O) groups excluding carboxylic acids is 1. The summed E-state index contributed by atoms with van der Waals surface area (Å²) < 4.78 is 27.3. The molecule has 0 saturated carbocycles. The Bertz CT molecular complexity index is 890. The highest BCUT2D eigenvalue weighted by molar-refractivity contribution is 7.89. The van der Waals surface area contributed by atoms with Crippen molar-refractivity contribution in [1.82, 2.24) is 14.6 Å². The lowest BCUT2D eigenvalue weighted by atomic mass is 10.1. The molecule has 0 atom stereocenters. The Morgan fingerprint density at radius 2 is 1.77 bits per heavy atom. The molecule has 0 aliphatic carbocycles. The van der Waals surface area contributed by atoms with Gasteiger partial charge in [-0.15, -0.1) is 0 Å². The number of nitrogens with one attached hydrogen (secondary N) is 1. The van der Waals surface area contributed by atoms with Crippen molar-refractivity contribution in [3.63, 3.8) is 0 Å². The second-order valence-corrected chi connectivity index (χ2v) is 8.56. The van der Waals surface area contributed by atoms with Gasteiger partial charge in [-0.3, -0.25) is 9.78 Å². The van der Waals surface area contributed by atoms with Gasteiger partial charge in [0.2, 0.25) is 10.0 Å². The Hall–Kier alpha value is -2.25. The summed E-state index contributed by atoms with van der Waals surface area (Å²) in [5.74, 6) is -0.150. The zero-order valence-corrected chi connectivity index (χ0v) is 15.8. The van der Waals surface area contributed by atoms with Gasteiger partial charge in [0.05, 0.1) is 4.90 Å². The first kappa shape index (κ1) is 18.5. The van der Waals surface area contributed by atoms with Crippen LogP contribution in [0, 0.1) is 13.8 Å². The van der Waals surface area contributed by atoms with E-state index >= 15 is 0 Å². The third-order valence-electron chi connectivity index (χ3n) is 4.68. The number of aryl methyl sites for hydroxylation is 2. The summed E-state index contributed by atoms with van der Waals surface area (Å²) in [6.07, 6.45) is 4.35. The molecule has 1 aliphatic heterocycles. The highest BCUT2D eigenvalue weighted by Gasteiger charge is 2.30. The predicted octanol–water partition coefficient (Wildman–Crippen LogP) is 2.28. The first-order valence-electron chi connectivity index (χ1n) is 8.66. The Morgan fingerprint density at radius 1 is 1.12 bits per heavy atom. The van der Waals surface area contributed by atoms with E-state index in [1.54, 1.807) is 30.6 Å². The number of aromatic nitrogens is 1. The minimum atomic E-state index is -3.50. The van der Waals surface area contributed by atoms with Crippen LogP contribution in [0.15, 0.2) is 47.6 Å². The first-order valence-corrected chi connectivity index (χ1v) is 10.1. The normalized spacial score (nSPS) is 16.4. The van der Waals surface area contributed by atoms with Crippen molar-refractivity contribution in [2.45, 2.75) is 37.6 Å². The van der Waals surface area contributed by atoms with Crippen molar-refractivity contribution < 1.29 is 13.2 Å². The van der Waals surface area contributed by atoms with E-state index in [0.717, 1.165) is 11.1 Å². The molecule has 1 aliphatic rings. The fourth-order valence-corrected chi connectivity index (χ4v) is 4.92. The molecule has 0 spiro atoms. The van der Waals surface area contributed by atoms with Crippen molar-refractivity contribution >= 4 is 15.9 Å². The topological polar surface area (TPSA) is 79.4 Å². The number of rotatable bonds is 4. The summed E-state index contributed by atoms with van der Waals surface area (Å²) in [6.45, 7) is 4.57. The van der Waals surface area contributed by atoms with E-state index in [1.807, 2.05) is 26.0 Å². The molecule has 6 nitrogen and oxygen atoms in total. The molecule has 1 fully saturated rings. The third kappa shape index (κ3) is 3.94. The van der Waals surface area contributed by atoms with Gasteiger partial charge >= 0.3 is 0 Å². The summed E-state index contributed by atoms with van der Waals surface area (Å²) in [5.41, 5.74) is 2.36. The monoisotopic (exact) mass is 373 g/mol. The van der Waals surface area contributed by atoms with Crippen molar-refractivity contribution in [2.75, 3.05) is 13.1 Å². The molecule has 2 heterocycles. The van der Waals surface area contributed by atoms with Gasteiger partial charge in [0.1, 0.15) is 0 Å². The molecule has 138 valence electrons. The largest absolute Gasteiger partial charge is 0.349 e. The maximum atomic E-state index is 12.9. The maximum Gasteiger partial charge on any atom is 0.251 e. The van der Waals surface area contributed by atoms with Crippen LogP contribution in [0.1, 0.15) is 34.3 Å². The molecule has 1 aromatic carbocycles. The predicted molar refractivity (Wildman–Crippen MR) is 99.4 cm³/mol. The number of hydrogen-bond donors (Lipinski definition) is 1. The number of sulfonamides is 1. The lowest BCUT2D eigenvalue weighted by molar-refractivity contribution is 0.0923. The van der Waals surface area contributed by atoms with E-state index in [9.17, 15) is 13.2 Å². The number of nitrogens with zero attached hydrogens (tertiary/aromatic N) is 2. The van der Waals surface area contributed by atoms with E-state index in [2.05, 4.69) is 10.3 Å². The second kappa shape index (κ2) is 7.55. The van der Waals surface area contributed by atoms with E-state index < -0.39 is 10.0 Å². The van der Waals surface area contributed by atoms with Crippen LogP contribution in [-0.2, 0) is 10.0 Å². The van der Waals surface area contributed by atoms with E-state index in [1.165, 1.54) is 4.31 Å². The Morgan fingerprint density at radius 3 is 2.38 bits per heavy atom. The summed E-state index contributed by atoms with van der Waals surface area (Å²) in [5, 5.41) is 2.98. The van der Waals surface area contributed by atoms with E-state index in [4.69, 9.17) is 0 Å². The second-order valence-electron chi connectivity index (χ2n) is 6.66. The Labute approximate surface area is 154 Å². The first-order chi connectivity index (χ1) is 12.4. The smallest absolute Gasteiger partial charge is 0.251 e. The highest BCUT2D eigenvalue weighted by Crippen LogP contribution is 2.24. The van der Waals surface area contributed by atoms with Gasteiger partial charge in [-0.05, 0) is 50.5 Å². The van der Waals surface area contributed by atoms with Gasteiger partial charge in [0.25, 0.3) is 5.91 Å². The maximum absolute atomic E-state index is 12.9. The quantitative estimate of drug-likeness (QED) is 0.892. The van der Waals surface area contributed by atoms with Gasteiger partial charge in [0, 0.05) is 37.1 Å². The summed E-state index contributed by atoms with van der Waals surface area (Å²) in [7, 11) is -3.50. The van der Waals surface area contributed by atoms with Gasteiger partial charge in [-0.25, -0.2) is 8.42 Å². The van der Waals surface area contributed by atoms with Gasteiger partial charge in [-0.2, -0.15) is 4.31 Å². The SMILES string of the molecule is Cc1ccc(S(=O)(=O)N2CCC(NC(=O)c3ccncc3)CC2)c(C)c1. The molecular formula is C19H23N3O3S. The summed E-state index contributed by atoms with van der Waals surface area (Å²) in [6, 6.07) is 8.68. The molecule has 0 unspecified atom stereocenters. The number of piperidine rings is 1. The molecule has 1 saturated heterocycles. The average Bonchev–Trinajstić information content (AvgIpc) is 2.62. The molecule has 1 amide bonds. The molecular weight excluding hydrogens is 350 g/mol. The zero-order valence-electron chi connectivity index (χ0n) is 15.0. The van der Waals surface area contributed by atoms with Gasteiger partial charge in [-0.1, -0.05) is 17.7 Å². The van der Waals surface area contributed by atoms with Crippen LogP contribution >= 0.6 is 0 Å². The van der Waals surface area contributed by atoms with Crippen LogP contribution in [0.4, 0.5) is 0 Å². The summed E-state index contributed by atoms with van der Waals surface area (Å²) >= 11 is 0. The third-order valence-corrected chi connectivity index (χ3v) is 6.74. The average molecular weight is 373 g/mol. The van der Waals surface area contributed by atoms with Crippen LogP contribution in [-0.4, -0.2) is 42.7 Å². The zero-order chi connectivity index (χ0) is 18.7. The molecule has 0 radical (unpaired) electrons. The van der Waals surface area contributed by atoms with E-state index in [0.29, 0.717) is 36.4 Å². The van der Waals surface area contributed by atoms with Crippen LogP contribution in [0.25, 0.3) is 0 Å².